The van der Waals surface area contributed by atoms with Gasteiger partial charge in [-0.15, -0.1) is 0 Å². The van der Waals surface area contributed by atoms with E-state index in [-0.39, 0.29) is 18.0 Å². The van der Waals surface area contributed by atoms with Gasteiger partial charge in [-0.2, -0.15) is 0 Å². The lowest BCUT2D eigenvalue weighted by atomic mass is 10.1. The number of carbonyl (C=O) groups excluding carboxylic acids is 2. The number of nitrogens with zero attached hydrogens (tertiary/aromatic N) is 1. The molecule has 0 saturated heterocycles. The Bertz CT molecular complexity index is 1240. The Morgan fingerprint density at radius 2 is 1.71 bits per heavy atom. The number of nitrogens with one attached hydrogen (secondary N) is 1. The third kappa shape index (κ3) is 7.31. The molecule has 35 heavy (non-hydrogen) atoms. The van der Waals surface area contributed by atoms with Gasteiger partial charge < -0.3 is 14.8 Å². The zero-order valence-corrected chi connectivity index (χ0v) is 20.7. The highest BCUT2D eigenvalue weighted by Gasteiger charge is 2.20. The molecule has 3 aromatic carbocycles. The van der Waals surface area contributed by atoms with Crippen LogP contribution in [0.2, 0.25) is 0 Å². The molecule has 0 bridgehead atoms. The maximum atomic E-state index is 13.3. The fraction of sp³-hybridized carbons (Fsp3) is 0.231. The molecule has 0 fully saturated rings. The predicted octanol–water partition coefficient (Wildman–Crippen LogP) is 5.89. The van der Waals surface area contributed by atoms with Crippen LogP contribution in [0.4, 0.5) is 11.4 Å². The lowest BCUT2D eigenvalue weighted by molar-refractivity contribution is -0.384. The summed E-state index contributed by atoms with van der Waals surface area (Å²) in [6.07, 6.45) is 0.00862. The lowest BCUT2D eigenvalue weighted by Gasteiger charge is -2.19. The molecule has 0 radical (unpaired) electrons. The van der Waals surface area contributed by atoms with Crippen molar-refractivity contribution in [3.8, 4) is 5.75 Å². The molecule has 0 atom stereocenters. The smallest absolute Gasteiger partial charge is 0.310 e. The Morgan fingerprint density at radius 3 is 2.34 bits per heavy atom. The molecule has 0 spiro atoms. The van der Waals surface area contributed by atoms with Gasteiger partial charge in [0.05, 0.1) is 29.7 Å². The number of anilines is 1. The van der Waals surface area contributed by atoms with E-state index >= 15 is 0 Å². The van der Waals surface area contributed by atoms with Gasteiger partial charge >= 0.3 is 5.97 Å². The Kier molecular flexibility index (Phi) is 8.14. The first-order valence-electron chi connectivity index (χ1n) is 10.8. The summed E-state index contributed by atoms with van der Waals surface area (Å²) in [7, 11) is 1.52. The second-order valence-electron chi connectivity index (χ2n) is 8.60. The van der Waals surface area contributed by atoms with Crippen LogP contribution < -0.4 is 10.1 Å². The van der Waals surface area contributed by atoms with E-state index in [1.54, 1.807) is 75.4 Å². The van der Waals surface area contributed by atoms with E-state index < -0.39 is 16.5 Å². The summed E-state index contributed by atoms with van der Waals surface area (Å²) >= 11 is 1.29. The molecular formula is C26H26N2O6S. The highest BCUT2D eigenvalue weighted by Crippen LogP contribution is 2.33. The lowest BCUT2D eigenvalue weighted by Crippen LogP contribution is -2.25. The van der Waals surface area contributed by atoms with Crippen LogP contribution in [-0.4, -0.2) is 29.5 Å². The summed E-state index contributed by atoms with van der Waals surface area (Å²) in [6, 6.07) is 18.3. The van der Waals surface area contributed by atoms with Crippen molar-refractivity contribution in [3.63, 3.8) is 0 Å². The summed E-state index contributed by atoms with van der Waals surface area (Å²) in [5, 5.41) is 13.8. The van der Waals surface area contributed by atoms with Crippen LogP contribution in [0.25, 0.3) is 0 Å². The number of methoxy groups -OCH3 is 1. The second-order valence-corrected chi connectivity index (χ2v) is 9.72. The maximum Gasteiger partial charge on any atom is 0.310 e. The molecule has 1 amide bonds. The van der Waals surface area contributed by atoms with Crippen molar-refractivity contribution >= 4 is 35.0 Å². The third-order valence-corrected chi connectivity index (χ3v) is 5.77. The van der Waals surface area contributed by atoms with E-state index in [0.717, 1.165) is 4.90 Å². The van der Waals surface area contributed by atoms with Crippen molar-refractivity contribution in [2.75, 3.05) is 12.4 Å². The second kappa shape index (κ2) is 11.1. The third-order valence-electron chi connectivity index (χ3n) is 4.69. The zero-order chi connectivity index (χ0) is 25.6. The molecule has 0 aliphatic carbocycles. The van der Waals surface area contributed by atoms with Crippen molar-refractivity contribution in [1.82, 2.24) is 0 Å². The molecule has 9 heteroatoms. The topological polar surface area (TPSA) is 108 Å². The average Bonchev–Trinajstić information content (AvgIpc) is 2.79. The van der Waals surface area contributed by atoms with Gasteiger partial charge in [-0.1, -0.05) is 30.0 Å². The van der Waals surface area contributed by atoms with Gasteiger partial charge in [0.2, 0.25) is 0 Å². The van der Waals surface area contributed by atoms with Gasteiger partial charge in [0.15, 0.2) is 0 Å². The van der Waals surface area contributed by atoms with Crippen LogP contribution in [0.1, 0.15) is 36.7 Å². The number of rotatable bonds is 8. The molecule has 8 nitrogen and oxygen atoms in total. The number of hydrogen-bond donors (Lipinski definition) is 1. The van der Waals surface area contributed by atoms with Crippen LogP contribution in [-0.2, 0) is 16.0 Å². The van der Waals surface area contributed by atoms with Crippen LogP contribution in [0, 0.1) is 10.1 Å². The zero-order valence-electron chi connectivity index (χ0n) is 19.9. The molecule has 3 aromatic rings. The van der Waals surface area contributed by atoms with E-state index in [2.05, 4.69) is 5.32 Å². The minimum Gasteiger partial charge on any atom is -0.495 e. The average molecular weight is 495 g/mol. The van der Waals surface area contributed by atoms with E-state index in [4.69, 9.17) is 9.47 Å². The highest BCUT2D eigenvalue weighted by molar-refractivity contribution is 7.99. The first-order valence-corrected chi connectivity index (χ1v) is 11.6. The van der Waals surface area contributed by atoms with Gasteiger partial charge in [-0.05, 0) is 62.7 Å². The molecule has 0 aliphatic rings. The molecule has 1 N–H and O–H groups in total. The summed E-state index contributed by atoms with van der Waals surface area (Å²) < 4.78 is 10.7. The SMILES string of the molecule is COc1ccccc1NC(=O)c1cc(CC(=O)OC(C)(C)C)ccc1Sc1ccc([N+](=O)[O-])cc1. The summed E-state index contributed by atoms with van der Waals surface area (Å²) in [5.41, 5.74) is 0.838. The maximum absolute atomic E-state index is 13.3. The van der Waals surface area contributed by atoms with Gasteiger partial charge in [-0.25, -0.2) is 0 Å². The largest absolute Gasteiger partial charge is 0.495 e. The van der Waals surface area contributed by atoms with Crippen LogP contribution >= 0.6 is 11.8 Å². The molecule has 182 valence electrons. The van der Waals surface area contributed by atoms with E-state index in [1.807, 2.05) is 0 Å². The summed E-state index contributed by atoms with van der Waals surface area (Å²) in [5.74, 6) is -0.273. The number of amides is 1. The number of para-hydroxylation sites is 2. The number of nitro groups is 1. The van der Waals surface area contributed by atoms with E-state index in [1.165, 1.54) is 31.0 Å². The Hall–Kier alpha value is -3.85. The van der Waals surface area contributed by atoms with Gasteiger partial charge in [0, 0.05) is 21.9 Å². The molecule has 0 saturated carbocycles. The first kappa shape index (κ1) is 25.8. The van der Waals surface area contributed by atoms with E-state index in [9.17, 15) is 19.7 Å². The minimum absolute atomic E-state index is 0.00862. The number of non-ortho nitro benzene ring substituents is 1. The van der Waals surface area contributed by atoms with Crippen LogP contribution in [0.3, 0.4) is 0 Å². The van der Waals surface area contributed by atoms with Crippen molar-refractivity contribution < 1.29 is 24.0 Å². The number of hydrogen-bond acceptors (Lipinski definition) is 7. The van der Waals surface area contributed by atoms with Gasteiger partial charge in [-0.3, -0.25) is 19.7 Å². The molecule has 3 rings (SSSR count). The quantitative estimate of drug-likeness (QED) is 0.236. The Balaban J connectivity index is 1.93. The number of ether oxygens (including phenoxy) is 2. The summed E-state index contributed by atoms with van der Waals surface area (Å²) in [6.45, 7) is 5.38. The fourth-order valence-electron chi connectivity index (χ4n) is 3.20. The van der Waals surface area contributed by atoms with Crippen molar-refractivity contribution in [2.24, 2.45) is 0 Å². The fourth-order valence-corrected chi connectivity index (χ4v) is 4.12. The van der Waals surface area contributed by atoms with Crippen molar-refractivity contribution in [2.45, 2.75) is 42.6 Å². The molecule has 0 heterocycles. The van der Waals surface area contributed by atoms with Crippen LogP contribution in [0.15, 0.2) is 76.5 Å². The standard InChI is InChI=1S/C26H26N2O6S/c1-26(2,3)34-24(29)16-17-9-14-23(35-19-12-10-18(11-13-19)28(31)32)20(15-17)25(30)27-21-7-5-6-8-22(21)33-4/h5-15H,16H2,1-4H3,(H,27,30). The van der Waals surface area contributed by atoms with Gasteiger partial charge in [0.1, 0.15) is 11.4 Å². The Labute approximate surface area is 207 Å². The molecule has 0 aromatic heterocycles. The van der Waals surface area contributed by atoms with Gasteiger partial charge in [0.25, 0.3) is 11.6 Å². The number of carbonyl (C=O) groups is 2. The molecule has 0 aliphatic heterocycles. The van der Waals surface area contributed by atoms with Crippen LogP contribution in [0.5, 0.6) is 5.75 Å². The van der Waals surface area contributed by atoms with E-state index in [0.29, 0.717) is 27.5 Å². The first-order chi connectivity index (χ1) is 16.6. The predicted molar refractivity (Wildman–Crippen MR) is 134 cm³/mol. The normalized spacial score (nSPS) is 11.0. The van der Waals surface area contributed by atoms with Crippen molar-refractivity contribution in [3.05, 3.63) is 88.0 Å². The summed E-state index contributed by atoms with van der Waals surface area (Å²) in [4.78, 5) is 37.5. The Morgan fingerprint density at radius 1 is 1.03 bits per heavy atom. The minimum atomic E-state index is -0.618. The monoisotopic (exact) mass is 494 g/mol. The molecular weight excluding hydrogens is 468 g/mol. The highest BCUT2D eigenvalue weighted by atomic mass is 32.2. The number of benzene rings is 3. The number of nitro benzene ring substituents is 1. The number of esters is 1. The molecule has 0 unspecified atom stereocenters. The van der Waals surface area contributed by atoms with Crippen molar-refractivity contribution in [1.29, 1.82) is 0 Å².